The van der Waals surface area contributed by atoms with Gasteiger partial charge in [-0.15, -0.1) is 0 Å². The van der Waals surface area contributed by atoms with Crippen LogP contribution in [0.5, 0.6) is 10.9 Å². The zero-order valence-electron chi connectivity index (χ0n) is 9.44. The highest BCUT2D eigenvalue weighted by Crippen LogP contribution is 2.30. The molecule has 0 amide bonds. The molecule has 0 fully saturated rings. The number of thiazole rings is 1. The molecule has 0 aliphatic heterocycles. The largest absolute Gasteiger partial charge is 0.430 e. The Balaban J connectivity index is 2.25. The van der Waals surface area contributed by atoms with E-state index in [-0.39, 0.29) is 0 Å². The van der Waals surface area contributed by atoms with Crippen LogP contribution in [0.15, 0.2) is 23.6 Å². The molecule has 0 bridgehead atoms. The molecule has 0 spiro atoms. The first-order valence-electron chi connectivity index (χ1n) is 5.33. The van der Waals surface area contributed by atoms with Gasteiger partial charge in [-0.1, -0.05) is 35.9 Å². The fraction of sp³-hybridized carbons (Fsp3) is 0.250. The van der Waals surface area contributed by atoms with Crippen LogP contribution < -0.4 is 10.5 Å². The molecule has 0 aliphatic rings. The summed E-state index contributed by atoms with van der Waals surface area (Å²) < 4.78 is 5.71. The fourth-order valence-corrected chi connectivity index (χ4v) is 2.31. The predicted molar refractivity (Wildman–Crippen MR) is 70.9 cm³/mol. The SMILES string of the molecule is CCc1csc(Oc2cc(Cl)ccc2CN)n1. The molecule has 0 unspecified atom stereocenters. The highest BCUT2D eigenvalue weighted by atomic mass is 35.5. The van der Waals surface area contributed by atoms with Crippen LogP contribution in [-0.2, 0) is 13.0 Å². The van der Waals surface area contributed by atoms with Crippen LogP contribution in [0, 0.1) is 0 Å². The molecule has 2 aromatic rings. The standard InChI is InChI=1S/C12H13ClN2OS/c1-2-10-7-17-12(15-10)16-11-5-9(13)4-3-8(11)6-14/h3-5,7H,2,6,14H2,1H3. The second kappa shape index (κ2) is 5.49. The maximum atomic E-state index is 5.93. The van der Waals surface area contributed by atoms with Gasteiger partial charge < -0.3 is 10.5 Å². The van der Waals surface area contributed by atoms with Gasteiger partial charge in [0.1, 0.15) is 5.75 Å². The van der Waals surface area contributed by atoms with Crippen molar-refractivity contribution in [3.8, 4) is 10.9 Å². The summed E-state index contributed by atoms with van der Waals surface area (Å²) >= 11 is 7.41. The van der Waals surface area contributed by atoms with Gasteiger partial charge in [0, 0.05) is 22.5 Å². The first-order valence-corrected chi connectivity index (χ1v) is 6.59. The highest BCUT2D eigenvalue weighted by Gasteiger charge is 2.07. The van der Waals surface area contributed by atoms with Crippen LogP contribution in [-0.4, -0.2) is 4.98 Å². The number of hydrogen-bond acceptors (Lipinski definition) is 4. The normalized spacial score (nSPS) is 10.5. The van der Waals surface area contributed by atoms with Crippen LogP contribution in [0.2, 0.25) is 5.02 Å². The molecule has 0 saturated carbocycles. The molecule has 1 aromatic heterocycles. The Bertz CT molecular complexity index is 513. The van der Waals surface area contributed by atoms with Crippen molar-refractivity contribution in [3.63, 3.8) is 0 Å². The predicted octanol–water partition coefficient (Wildman–Crippen LogP) is 3.61. The number of nitrogens with zero attached hydrogens (tertiary/aromatic N) is 1. The second-order valence-corrected chi connectivity index (χ2v) is 4.77. The molecule has 0 radical (unpaired) electrons. The van der Waals surface area contributed by atoms with Crippen LogP contribution in [0.1, 0.15) is 18.2 Å². The smallest absolute Gasteiger partial charge is 0.278 e. The molecule has 17 heavy (non-hydrogen) atoms. The topological polar surface area (TPSA) is 48.1 Å². The van der Waals surface area contributed by atoms with E-state index in [0.29, 0.717) is 22.5 Å². The molecular formula is C12H13ClN2OS. The van der Waals surface area contributed by atoms with Gasteiger partial charge in [0.15, 0.2) is 0 Å². The van der Waals surface area contributed by atoms with E-state index in [1.165, 1.54) is 11.3 Å². The van der Waals surface area contributed by atoms with E-state index in [4.69, 9.17) is 22.1 Å². The Kier molecular flexibility index (Phi) is 3.99. The lowest BCUT2D eigenvalue weighted by molar-refractivity contribution is 0.471. The summed E-state index contributed by atoms with van der Waals surface area (Å²) in [7, 11) is 0. The van der Waals surface area contributed by atoms with Crippen molar-refractivity contribution in [3.05, 3.63) is 39.9 Å². The van der Waals surface area contributed by atoms with Crippen LogP contribution in [0.4, 0.5) is 0 Å². The van der Waals surface area contributed by atoms with Crippen molar-refractivity contribution in [2.45, 2.75) is 19.9 Å². The minimum Gasteiger partial charge on any atom is -0.430 e. The number of aryl methyl sites for hydroxylation is 1. The van der Waals surface area contributed by atoms with E-state index < -0.39 is 0 Å². The molecule has 0 atom stereocenters. The Morgan fingerprint density at radius 2 is 2.29 bits per heavy atom. The average Bonchev–Trinajstić information content (AvgIpc) is 2.77. The summed E-state index contributed by atoms with van der Waals surface area (Å²) in [5, 5.41) is 3.24. The van der Waals surface area contributed by atoms with Crippen LogP contribution in [0.25, 0.3) is 0 Å². The van der Waals surface area contributed by atoms with Crippen molar-refractivity contribution in [2.24, 2.45) is 5.73 Å². The van der Waals surface area contributed by atoms with E-state index in [1.54, 1.807) is 12.1 Å². The monoisotopic (exact) mass is 268 g/mol. The summed E-state index contributed by atoms with van der Waals surface area (Å²) in [4.78, 5) is 4.34. The van der Waals surface area contributed by atoms with Crippen molar-refractivity contribution in [2.75, 3.05) is 0 Å². The van der Waals surface area contributed by atoms with Gasteiger partial charge in [-0.25, -0.2) is 4.98 Å². The zero-order chi connectivity index (χ0) is 12.3. The first kappa shape index (κ1) is 12.4. The lowest BCUT2D eigenvalue weighted by Gasteiger charge is -2.07. The number of halogens is 1. The van der Waals surface area contributed by atoms with Crippen molar-refractivity contribution >= 4 is 22.9 Å². The molecule has 1 aromatic carbocycles. The van der Waals surface area contributed by atoms with Crippen molar-refractivity contribution in [1.82, 2.24) is 4.98 Å². The van der Waals surface area contributed by atoms with Gasteiger partial charge in [0.25, 0.3) is 5.19 Å². The van der Waals surface area contributed by atoms with Gasteiger partial charge >= 0.3 is 0 Å². The molecule has 1 heterocycles. The van der Waals surface area contributed by atoms with Gasteiger partial charge in [0.2, 0.25) is 0 Å². The molecule has 0 aliphatic carbocycles. The van der Waals surface area contributed by atoms with Gasteiger partial charge in [0.05, 0.1) is 5.69 Å². The molecule has 2 N–H and O–H groups in total. The third kappa shape index (κ3) is 2.97. The number of ether oxygens (including phenoxy) is 1. The summed E-state index contributed by atoms with van der Waals surface area (Å²) in [6, 6.07) is 5.43. The molecule has 90 valence electrons. The molecule has 0 saturated heterocycles. The Labute approximate surface area is 109 Å². The fourth-order valence-electron chi connectivity index (χ4n) is 1.38. The van der Waals surface area contributed by atoms with Gasteiger partial charge in [-0.3, -0.25) is 0 Å². The Morgan fingerprint density at radius 1 is 1.47 bits per heavy atom. The van der Waals surface area contributed by atoms with Crippen LogP contribution >= 0.6 is 22.9 Å². The van der Waals surface area contributed by atoms with Crippen molar-refractivity contribution < 1.29 is 4.74 Å². The van der Waals surface area contributed by atoms with E-state index >= 15 is 0 Å². The molecular weight excluding hydrogens is 256 g/mol. The minimum atomic E-state index is 0.415. The maximum absolute atomic E-state index is 5.93. The molecule has 3 nitrogen and oxygen atoms in total. The number of aromatic nitrogens is 1. The lowest BCUT2D eigenvalue weighted by Crippen LogP contribution is -1.99. The quantitative estimate of drug-likeness (QED) is 0.921. The molecule has 5 heteroatoms. The third-order valence-electron chi connectivity index (χ3n) is 2.34. The zero-order valence-corrected chi connectivity index (χ0v) is 11.0. The second-order valence-electron chi connectivity index (χ2n) is 3.52. The van der Waals surface area contributed by atoms with E-state index in [2.05, 4.69) is 11.9 Å². The van der Waals surface area contributed by atoms with Crippen LogP contribution in [0.3, 0.4) is 0 Å². The minimum absolute atomic E-state index is 0.415. The van der Waals surface area contributed by atoms with E-state index in [0.717, 1.165) is 17.7 Å². The van der Waals surface area contributed by atoms with Gasteiger partial charge in [-0.2, -0.15) is 0 Å². The lowest BCUT2D eigenvalue weighted by atomic mass is 10.2. The van der Waals surface area contributed by atoms with Crippen molar-refractivity contribution in [1.29, 1.82) is 0 Å². The summed E-state index contributed by atoms with van der Waals surface area (Å²) in [5.74, 6) is 0.678. The summed E-state index contributed by atoms with van der Waals surface area (Å²) in [5.41, 5.74) is 7.59. The highest BCUT2D eigenvalue weighted by molar-refractivity contribution is 7.11. The van der Waals surface area contributed by atoms with E-state index in [9.17, 15) is 0 Å². The number of benzene rings is 1. The Hall–Kier alpha value is -1.10. The van der Waals surface area contributed by atoms with E-state index in [1.807, 2.05) is 11.4 Å². The molecule has 2 rings (SSSR count). The first-order chi connectivity index (χ1) is 8.22. The third-order valence-corrected chi connectivity index (χ3v) is 3.34. The maximum Gasteiger partial charge on any atom is 0.278 e. The number of nitrogens with two attached hydrogens (primary N) is 1. The summed E-state index contributed by atoms with van der Waals surface area (Å²) in [6.07, 6.45) is 0.902. The number of rotatable bonds is 4. The Morgan fingerprint density at radius 3 is 2.94 bits per heavy atom. The summed E-state index contributed by atoms with van der Waals surface area (Å²) in [6.45, 7) is 2.47. The number of hydrogen-bond donors (Lipinski definition) is 1. The average molecular weight is 269 g/mol. The van der Waals surface area contributed by atoms with Gasteiger partial charge in [-0.05, 0) is 18.6 Å².